The summed E-state index contributed by atoms with van der Waals surface area (Å²) < 4.78 is 10.5. The summed E-state index contributed by atoms with van der Waals surface area (Å²) in [5, 5.41) is 3.38. The first-order valence-corrected chi connectivity index (χ1v) is 5.09. The van der Waals surface area contributed by atoms with Gasteiger partial charge in [0.2, 0.25) is 0 Å². The summed E-state index contributed by atoms with van der Waals surface area (Å²) in [4.78, 5) is 0. The van der Waals surface area contributed by atoms with Crippen LogP contribution >= 0.6 is 0 Å². The van der Waals surface area contributed by atoms with Crippen molar-refractivity contribution in [3.05, 3.63) is 11.6 Å². The van der Waals surface area contributed by atoms with Gasteiger partial charge in [-0.05, 0) is 26.8 Å². The fraction of sp³-hybridized carbons (Fsp3) is 0.818. The highest BCUT2D eigenvalue weighted by molar-refractivity contribution is 5.02. The molecule has 0 aliphatic carbocycles. The molecule has 0 saturated heterocycles. The average molecular weight is 201 g/mol. The Morgan fingerprint density at radius 3 is 2.21 bits per heavy atom. The number of ether oxygens (including phenoxy) is 2. The largest absolute Gasteiger partial charge is 0.354 e. The zero-order chi connectivity index (χ0) is 11.0. The second-order valence-corrected chi connectivity index (χ2v) is 3.56. The van der Waals surface area contributed by atoms with E-state index in [0.717, 1.165) is 13.0 Å². The van der Waals surface area contributed by atoms with Gasteiger partial charge in [0, 0.05) is 14.2 Å². The van der Waals surface area contributed by atoms with Crippen molar-refractivity contribution in [1.82, 2.24) is 5.32 Å². The highest BCUT2D eigenvalue weighted by Gasteiger charge is 2.17. The third kappa shape index (κ3) is 5.37. The molecule has 0 radical (unpaired) electrons. The smallest absolute Gasteiger partial charge is 0.175 e. The molecule has 1 atom stereocenters. The van der Waals surface area contributed by atoms with Crippen molar-refractivity contribution in [2.75, 3.05) is 20.8 Å². The molecule has 3 heteroatoms. The van der Waals surface area contributed by atoms with Crippen molar-refractivity contribution < 1.29 is 9.47 Å². The molecule has 0 aromatic rings. The Balaban J connectivity index is 4.28. The minimum absolute atomic E-state index is 0.134. The van der Waals surface area contributed by atoms with Crippen LogP contribution in [0.25, 0.3) is 0 Å². The lowest BCUT2D eigenvalue weighted by atomic mass is 10.2. The predicted octanol–water partition coefficient (Wildman–Crippen LogP) is 1.94. The lowest BCUT2D eigenvalue weighted by Crippen LogP contribution is -2.41. The molecule has 0 spiro atoms. The van der Waals surface area contributed by atoms with Crippen LogP contribution in [0.4, 0.5) is 0 Å². The molecular weight excluding hydrogens is 178 g/mol. The van der Waals surface area contributed by atoms with E-state index >= 15 is 0 Å². The first-order valence-electron chi connectivity index (χ1n) is 5.09. The third-order valence-electron chi connectivity index (χ3n) is 1.90. The summed E-state index contributed by atoms with van der Waals surface area (Å²) in [6, 6.07) is 0.134. The topological polar surface area (TPSA) is 30.5 Å². The van der Waals surface area contributed by atoms with Gasteiger partial charge < -0.3 is 14.8 Å². The monoisotopic (exact) mass is 201 g/mol. The maximum atomic E-state index is 5.23. The van der Waals surface area contributed by atoms with Crippen LogP contribution in [0.15, 0.2) is 11.6 Å². The molecule has 0 rings (SSSR count). The van der Waals surface area contributed by atoms with Crippen molar-refractivity contribution in [1.29, 1.82) is 0 Å². The van der Waals surface area contributed by atoms with Crippen molar-refractivity contribution in [2.24, 2.45) is 0 Å². The maximum absolute atomic E-state index is 5.23. The molecule has 1 N–H and O–H groups in total. The lowest BCUT2D eigenvalue weighted by Gasteiger charge is -2.23. The molecule has 84 valence electrons. The minimum atomic E-state index is -0.212. The number of nitrogens with one attached hydrogen (secondary N) is 1. The molecule has 3 nitrogen and oxygen atoms in total. The van der Waals surface area contributed by atoms with Crippen molar-refractivity contribution in [3.8, 4) is 0 Å². The molecule has 0 aliphatic heterocycles. The maximum Gasteiger partial charge on any atom is 0.175 e. The van der Waals surface area contributed by atoms with Crippen molar-refractivity contribution in [2.45, 2.75) is 39.5 Å². The fourth-order valence-corrected chi connectivity index (χ4v) is 1.29. The minimum Gasteiger partial charge on any atom is -0.354 e. The van der Waals surface area contributed by atoms with Crippen molar-refractivity contribution in [3.63, 3.8) is 0 Å². The third-order valence-corrected chi connectivity index (χ3v) is 1.90. The number of allylic oxidation sites excluding steroid dienone is 1. The van der Waals surface area contributed by atoms with Crippen LogP contribution in [-0.2, 0) is 9.47 Å². The van der Waals surface area contributed by atoms with Crippen LogP contribution in [0, 0.1) is 0 Å². The summed E-state index contributed by atoms with van der Waals surface area (Å²) in [5.74, 6) is 0. The molecule has 0 aromatic heterocycles. The van der Waals surface area contributed by atoms with E-state index in [1.165, 1.54) is 5.57 Å². The molecule has 14 heavy (non-hydrogen) atoms. The predicted molar refractivity (Wildman–Crippen MR) is 59.3 cm³/mol. The molecule has 0 heterocycles. The van der Waals surface area contributed by atoms with Gasteiger partial charge in [0.25, 0.3) is 0 Å². The summed E-state index contributed by atoms with van der Waals surface area (Å²) in [7, 11) is 3.32. The van der Waals surface area contributed by atoms with Crippen LogP contribution in [0.5, 0.6) is 0 Å². The van der Waals surface area contributed by atoms with E-state index in [1.807, 2.05) is 0 Å². The lowest BCUT2D eigenvalue weighted by molar-refractivity contribution is -0.114. The van der Waals surface area contributed by atoms with Gasteiger partial charge >= 0.3 is 0 Å². The molecular formula is C11H23NO2. The second kappa shape index (κ2) is 7.97. The second-order valence-electron chi connectivity index (χ2n) is 3.56. The zero-order valence-corrected chi connectivity index (χ0v) is 9.96. The quantitative estimate of drug-likeness (QED) is 0.504. The van der Waals surface area contributed by atoms with E-state index in [4.69, 9.17) is 9.47 Å². The number of hydrogen-bond acceptors (Lipinski definition) is 3. The number of methoxy groups -OCH3 is 2. The van der Waals surface area contributed by atoms with Crippen LogP contribution in [-0.4, -0.2) is 33.1 Å². The Morgan fingerprint density at radius 2 is 1.86 bits per heavy atom. The van der Waals surface area contributed by atoms with Gasteiger partial charge in [-0.2, -0.15) is 0 Å². The SMILES string of the molecule is CCCNC(C=C(C)C)C(OC)OC. The molecule has 0 aliphatic rings. The average Bonchev–Trinajstić information content (AvgIpc) is 2.15. The molecule has 0 bridgehead atoms. The van der Waals surface area contributed by atoms with Crippen LogP contribution in [0.3, 0.4) is 0 Å². The van der Waals surface area contributed by atoms with Gasteiger partial charge in [0.05, 0.1) is 6.04 Å². The Bertz CT molecular complexity index is 161. The van der Waals surface area contributed by atoms with Gasteiger partial charge in [-0.25, -0.2) is 0 Å². The zero-order valence-electron chi connectivity index (χ0n) is 9.96. The van der Waals surface area contributed by atoms with Crippen LogP contribution in [0.1, 0.15) is 27.2 Å². The van der Waals surface area contributed by atoms with Gasteiger partial charge in [-0.3, -0.25) is 0 Å². The van der Waals surface area contributed by atoms with Crippen LogP contribution < -0.4 is 5.32 Å². The number of hydrogen-bond donors (Lipinski definition) is 1. The Morgan fingerprint density at radius 1 is 1.29 bits per heavy atom. The Labute approximate surface area is 87.5 Å². The van der Waals surface area contributed by atoms with Crippen molar-refractivity contribution >= 4 is 0 Å². The van der Waals surface area contributed by atoms with Gasteiger partial charge in [-0.15, -0.1) is 0 Å². The normalized spacial score (nSPS) is 13.0. The Kier molecular flexibility index (Phi) is 7.76. The Hall–Kier alpha value is -0.380. The molecule has 0 saturated carbocycles. The number of rotatable bonds is 7. The van der Waals surface area contributed by atoms with E-state index in [2.05, 4.69) is 32.2 Å². The highest BCUT2D eigenvalue weighted by atomic mass is 16.7. The van der Waals surface area contributed by atoms with Gasteiger partial charge in [0.1, 0.15) is 0 Å². The first kappa shape index (κ1) is 13.6. The van der Waals surface area contributed by atoms with Gasteiger partial charge in [0.15, 0.2) is 6.29 Å². The summed E-state index contributed by atoms with van der Waals surface area (Å²) in [5.41, 5.74) is 1.26. The van der Waals surface area contributed by atoms with E-state index < -0.39 is 0 Å². The fourth-order valence-electron chi connectivity index (χ4n) is 1.29. The molecule has 0 aromatic carbocycles. The molecule has 0 amide bonds. The van der Waals surface area contributed by atoms with E-state index in [1.54, 1.807) is 14.2 Å². The molecule has 0 fully saturated rings. The summed E-state index contributed by atoms with van der Waals surface area (Å²) >= 11 is 0. The molecule has 1 unspecified atom stereocenters. The van der Waals surface area contributed by atoms with Gasteiger partial charge in [-0.1, -0.05) is 18.6 Å². The van der Waals surface area contributed by atoms with E-state index in [0.29, 0.717) is 0 Å². The standard InChI is InChI=1S/C11H23NO2/c1-6-7-12-10(8-9(2)3)11(13-4)14-5/h8,10-12H,6-7H2,1-5H3. The van der Waals surface area contributed by atoms with E-state index in [9.17, 15) is 0 Å². The highest BCUT2D eigenvalue weighted by Crippen LogP contribution is 2.04. The van der Waals surface area contributed by atoms with Crippen LogP contribution in [0.2, 0.25) is 0 Å². The van der Waals surface area contributed by atoms with E-state index in [-0.39, 0.29) is 12.3 Å². The summed E-state index contributed by atoms with van der Waals surface area (Å²) in [6.45, 7) is 7.25. The first-order chi connectivity index (χ1) is 6.65. The summed E-state index contributed by atoms with van der Waals surface area (Å²) in [6.07, 6.45) is 3.03.